The summed E-state index contributed by atoms with van der Waals surface area (Å²) < 4.78 is 15.9. The Balaban J connectivity index is 1.69. The predicted octanol–water partition coefficient (Wildman–Crippen LogP) is 3.86. The van der Waals surface area contributed by atoms with E-state index in [-0.39, 0.29) is 6.04 Å². The minimum absolute atomic E-state index is 0.145. The average molecular weight is 323 g/mol. The van der Waals surface area contributed by atoms with Gasteiger partial charge in [0.25, 0.3) is 0 Å². The molecule has 0 amide bonds. The zero-order valence-electron chi connectivity index (χ0n) is 13.2. The van der Waals surface area contributed by atoms with Crippen LogP contribution in [0.4, 0.5) is 10.2 Å². The Bertz CT molecular complexity index is 887. The Morgan fingerprint density at radius 3 is 2.83 bits per heavy atom. The molecule has 5 nitrogen and oxygen atoms in total. The minimum atomic E-state index is -0.747. The molecule has 1 N–H and O–H groups in total. The lowest BCUT2D eigenvalue weighted by molar-refractivity contribution is 0.536. The van der Waals surface area contributed by atoms with Gasteiger partial charge < -0.3 is 9.88 Å². The van der Waals surface area contributed by atoms with E-state index in [1.807, 2.05) is 34.9 Å². The van der Waals surface area contributed by atoms with Crippen molar-refractivity contribution in [1.82, 2.24) is 19.5 Å². The Morgan fingerprint density at radius 1 is 1.25 bits per heavy atom. The molecule has 24 heavy (non-hydrogen) atoms. The van der Waals surface area contributed by atoms with Crippen LogP contribution in [0.5, 0.6) is 0 Å². The molecule has 0 saturated heterocycles. The molecule has 0 spiro atoms. The van der Waals surface area contributed by atoms with Crippen molar-refractivity contribution in [2.75, 3.05) is 5.32 Å². The summed E-state index contributed by atoms with van der Waals surface area (Å²) in [6, 6.07) is 10.0. The summed E-state index contributed by atoms with van der Waals surface area (Å²) in [4.78, 5) is 12.3. The number of hydrogen-bond donors (Lipinski definition) is 1. The second kappa shape index (κ2) is 6.03. The van der Waals surface area contributed by atoms with Crippen molar-refractivity contribution >= 4 is 17.0 Å². The topological polar surface area (TPSA) is 55.6 Å². The maximum absolute atomic E-state index is 13.9. The van der Waals surface area contributed by atoms with Crippen molar-refractivity contribution in [1.29, 1.82) is 0 Å². The lowest BCUT2D eigenvalue weighted by Crippen LogP contribution is -2.08. The molecule has 1 aromatic carbocycles. The highest BCUT2D eigenvalue weighted by atomic mass is 19.1. The van der Waals surface area contributed by atoms with Crippen LogP contribution >= 0.6 is 0 Å². The van der Waals surface area contributed by atoms with Gasteiger partial charge in [0, 0.05) is 6.54 Å². The third-order valence-corrected chi connectivity index (χ3v) is 4.48. The molecule has 6 heteroatoms. The first-order valence-electron chi connectivity index (χ1n) is 8.08. The van der Waals surface area contributed by atoms with Gasteiger partial charge in [0.1, 0.15) is 0 Å². The molecule has 122 valence electrons. The normalized spacial score (nSPS) is 17.5. The van der Waals surface area contributed by atoms with Crippen LogP contribution in [0.2, 0.25) is 0 Å². The van der Waals surface area contributed by atoms with Gasteiger partial charge in [-0.2, -0.15) is 14.4 Å². The SMILES string of the molecule is C=C1CCCC1n1cnc2c(NCc3ccccc3)nc(F)nc21. The van der Waals surface area contributed by atoms with Crippen molar-refractivity contribution in [3.8, 4) is 0 Å². The van der Waals surface area contributed by atoms with Crippen molar-refractivity contribution < 1.29 is 4.39 Å². The van der Waals surface area contributed by atoms with Gasteiger partial charge >= 0.3 is 6.08 Å². The number of hydrogen-bond acceptors (Lipinski definition) is 4. The molecular formula is C18H18FN5. The van der Waals surface area contributed by atoms with Crippen LogP contribution in [0.15, 0.2) is 48.8 Å². The number of imidazole rings is 1. The van der Waals surface area contributed by atoms with E-state index in [1.54, 1.807) is 6.33 Å². The highest BCUT2D eigenvalue weighted by Gasteiger charge is 2.24. The summed E-state index contributed by atoms with van der Waals surface area (Å²) >= 11 is 0. The summed E-state index contributed by atoms with van der Waals surface area (Å²) in [5.74, 6) is 0.420. The second-order valence-corrected chi connectivity index (χ2v) is 6.07. The number of allylic oxidation sites excluding steroid dienone is 1. The summed E-state index contributed by atoms with van der Waals surface area (Å²) in [5, 5.41) is 3.17. The highest BCUT2D eigenvalue weighted by Crippen LogP contribution is 2.36. The molecule has 3 aromatic rings. The Labute approximate surface area is 139 Å². The Kier molecular flexibility index (Phi) is 3.72. The molecule has 1 aliphatic carbocycles. The molecule has 1 fully saturated rings. The van der Waals surface area contributed by atoms with Crippen LogP contribution in [-0.4, -0.2) is 19.5 Å². The number of benzene rings is 1. The number of fused-ring (bicyclic) bond motifs is 1. The monoisotopic (exact) mass is 323 g/mol. The van der Waals surface area contributed by atoms with Crippen molar-refractivity contribution in [2.24, 2.45) is 0 Å². The summed E-state index contributed by atoms with van der Waals surface area (Å²) in [7, 11) is 0. The quantitative estimate of drug-likeness (QED) is 0.585. The molecular weight excluding hydrogens is 305 g/mol. The van der Waals surface area contributed by atoms with Crippen LogP contribution in [0, 0.1) is 6.08 Å². The van der Waals surface area contributed by atoms with Crippen LogP contribution in [-0.2, 0) is 6.54 Å². The molecule has 2 aromatic heterocycles. The summed E-state index contributed by atoms with van der Waals surface area (Å²) in [6.45, 7) is 4.67. The van der Waals surface area contributed by atoms with Crippen LogP contribution in [0.1, 0.15) is 30.9 Å². The lowest BCUT2D eigenvalue weighted by atomic mass is 10.2. The fraction of sp³-hybridized carbons (Fsp3) is 0.278. The van der Waals surface area contributed by atoms with Gasteiger partial charge in [0.05, 0.1) is 12.4 Å². The molecule has 1 unspecified atom stereocenters. The number of halogens is 1. The van der Waals surface area contributed by atoms with E-state index >= 15 is 0 Å². The maximum atomic E-state index is 13.9. The molecule has 0 bridgehead atoms. The van der Waals surface area contributed by atoms with Gasteiger partial charge in [-0.05, 0) is 24.8 Å². The smallest absolute Gasteiger partial charge is 0.312 e. The van der Waals surface area contributed by atoms with Gasteiger partial charge in [-0.15, -0.1) is 0 Å². The van der Waals surface area contributed by atoms with Gasteiger partial charge in [0.2, 0.25) is 0 Å². The van der Waals surface area contributed by atoms with E-state index in [2.05, 4.69) is 26.8 Å². The molecule has 4 rings (SSSR count). The summed E-state index contributed by atoms with van der Waals surface area (Å²) in [5.41, 5.74) is 3.35. The van der Waals surface area contributed by atoms with E-state index in [4.69, 9.17) is 0 Å². The third-order valence-electron chi connectivity index (χ3n) is 4.48. The van der Waals surface area contributed by atoms with E-state index in [0.717, 1.165) is 30.4 Å². The summed E-state index contributed by atoms with van der Waals surface area (Å²) in [6.07, 6.45) is 4.05. The van der Waals surface area contributed by atoms with Crippen LogP contribution in [0.3, 0.4) is 0 Å². The average Bonchev–Trinajstić information content (AvgIpc) is 3.19. The largest absolute Gasteiger partial charge is 0.364 e. The molecule has 2 heterocycles. The second-order valence-electron chi connectivity index (χ2n) is 6.07. The Morgan fingerprint density at radius 2 is 2.08 bits per heavy atom. The molecule has 1 atom stereocenters. The van der Waals surface area contributed by atoms with Gasteiger partial charge in [-0.25, -0.2) is 4.98 Å². The number of nitrogens with one attached hydrogen (secondary N) is 1. The zero-order chi connectivity index (χ0) is 16.5. The molecule has 1 saturated carbocycles. The zero-order valence-corrected chi connectivity index (χ0v) is 13.2. The number of anilines is 1. The fourth-order valence-electron chi connectivity index (χ4n) is 3.25. The van der Waals surface area contributed by atoms with E-state index in [9.17, 15) is 4.39 Å². The lowest BCUT2D eigenvalue weighted by Gasteiger charge is -2.13. The predicted molar refractivity (Wildman–Crippen MR) is 91.1 cm³/mol. The van der Waals surface area contributed by atoms with E-state index in [0.29, 0.717) is 23.5 Å². The van der Waals surface area contributed by atoms with Gasteiger partial charge in [-0.3, -0.25) is 0 Å². The van der Waals surface area contributed by atoms with Crippen LogP contribution in [0.25, 0.3) is 11.2 Å². The number of nitrogens with zero attached hydrogens (tertiary/aromatic N) is 4. The third kappa shape index (κ3) is 2.64. The minimum Gasteiger partial charge on any atom is -0.364 e. The van der Waals surface area contributed by atoms with Crippen LogP contribution < -0.4 is 5.32 Å². The molecule has 0 aliphatic heterocycles. The first kappa shape index (κ1) is 14.8. The first-order valence-corrected chi connectivity index (χ1v) is 8.08. The number of rotatable bonds is 4. The van der Waals surface area contributed by atoms with Crippen molar-refractivity contribution in [3.63, 3.8) is 0 Å². The van der Waals surface area contributed by atoms with Gasteiger partial charge in [-0.1, -0.05) is 42.5 Å². The highest BCUT2D eigenvalue weighted by molar-refractivity contribution is 5.82. The standard InChI is InChI=1S/C18H18FN5/c1-12-6-5-9-14(12)24-11-21-15-16(22-18(19)23-17(15)24)20-10-13-7-3-2-4-8-13/h2-4,7-8,11,14H,1,5-6,9-10H2,(H,20,22,23). The number of aromatic nitrogens is 4. The van der Waals surface area contributed by atoms with Gasteiger partial charge in [0.15, 0.2) is 17.0 Å². The first-order chi connectivity index (χ1) is 11.7. The van der Waals surface area contributed by atoms with E-state index in [1.165, 1.54) is 0 Å². The maximum Gasteiger partial charge on any atom is 0.312 e. The van der Waals surface area contributed by atoms with E-state index < -0.39 is 6.08 Å². The Hall–Kier alpha value is -2.76. The fourth-order valence-corrected chi connectivity index (χ4v) is 3.25. The molecule has 1 aliphatic rings. The molecule has 0 radical (unpaired) electrons. The van der Waals surface area contributed by atoms with Crippen molar-refractivity contribution in [3.05, 3.63) is 60.5 Å². The van der Waals surface area contributed by atoms with Crippen molar-refractivity contribution in [2.45, 2.75) is 31.8 Å².